The van der Waals surface area contributed by atoms with Crippen LogP contribution in [-0.4, -0.2) is 22.0 Å². The Morgan fingerprint density at radius 3 is 2.47 bits per heavy atom. The number of rotatable bonds is 3. The summed E-state index contributed by atoms with van der Waals surface area (Å²) in [5.74, 6) is -2.34. The molecule has 2 atom stereocenters. The van der Waals surface area contributed by atoms with E-state index in [9.17, 15) is 14.7 Å². The number of allylic oxidation sites excluding steroid dienone is 2. The number of aliphatic carboxylic acids is 1. The fourth-order valence-electron chi connectivity index (χ4n) is 2.31. The van der Waals surface area contributed by atoms with E-state index in [1.165, 1.54) is 11.3 Å². The van der Waals surface area contributed by atoms with E-state index in [0.29, 0.717) is 18.0 Å². The molecule has 1 amide bonds. The molecular weight excluding hydrogens is 264 g/mol. The Labute approximate surface area is 115 Å². The molecule has 0 saturated carbocycles. The van der Waals surface area contributed by atoms with Crippen molar-refractivity contribution in [2.24, 2.45) is 11.8 Å². The second-order valence-corrected chi connectivity index (χ2v) is 5.74. The lowest BCUT2D eigenvalue weighted by Crippen LogP contribution is -2.36. The number of anilines is 1. The molecule has 2 N–H and O–H groups in total. The molecule has 1 aliphatic rings. The molecule has 0 radical (unpaired) electrons. The summed E-state index contributed by atoms with van der Waals surface area (Å²) in [6.45, 7) is 3.89. The number of carbonyl (C=O) groups excluding carboxylic acids is 1. The molecular formula is C13H16N2O3S. The molecule has 6 heteroatoms. The summed E-state index contributed by atoms with van der Waals surface area (Å²) in [5, 5.41) is 14.2. The molecule has 102 valence electrons. The first-order valence-electron chi connectivity index (χ1n) is 6.07. The Hall–Kier alpha value is -1.69. The number of nitrogens with one attached hydrogen (secondary N) is 1. The van der Waals surface area contributed by atoms with Gasteiger partial charge in [-0.3, -0.25) is 9.59 Å². The van der Waals surface area contributed by atoms with Gasteiger partial charge < -0.3 is 10.4 Å². The fraction of sp³-hybridized carbons (Fsp3) is 0.462. The smallest absolute Gasteiger partial charge is 0.307 e. The topological polar surface area (TPSA) is 79.3 Å². The summed E-state index contributed by atoms with van der Waals surface area (Å²) < 4.78 is 0. The summed E-state index contributed by atoms with van der Waals surface area (Å²) >= 11 is 1.32. The van der Waals surface area contributed by atoms with Gasteiger partial charge in [0, 0.05) is 11.6 Å². The van der Waals surface area contributed by atoms with Crippen LogP contribution in [0.15, 0.2) is 22.7 Å². The SMILES string of the molecule is CC1=C(C)C[C@H](C(=O)Nc2nccs2)[C@@H](C(=O)O)C1. The van der Waals surface area contributed by atoms with Gasteiger partial charge in [0.15, 0.2) is 5.13 Å². The van der Waals surface area contributed by atoms with Crippen LogP contribution in [0.1, 0.15) is 26.7 Å². The molecule has 0 saturated heterocycles. The van der Waals surface area contributed by atoms with Crippen LogP contribution in [0.4, 0.5) is 5.13 Å². The third-order valence-electron chi connectivity index (χ3n) is 3.58. The molecule has 5 nitrogen and oxygen atoms in total. The maximum atomic E-state index is 12.2. The third kappa shape index (κ3) is 3.01. The van der Waals surface area contributed by atoms with Crippen LogP contribution < -0.4 is 5.32 Å². The quantitative estimate of drug-likeness (QED) is 0.834. The largest absolute Gasteiger partial charge is 0.481 e. The van der Waals surface area contributed by atoms with E-state index in [2.05, 4.69) is 10.3 Å². The predicted octanol–water partition coefficient (Wildman–Crippen LogP) is 2.53. The molecule has 2 rings (SSSR count). The molecule has 1 aromatic rings. The van der Waals surface area contributed by atoms with Crippen molar-refractivity contribution in [3.8, 4) is 0 Å². The Balaban J connectivity index is 2.16. The van der Waals surface area contributed by atoms with Crippen LogP contribution in [0, 0.1) is 11.8 Å². The first kappa shape index (κ1) is 13.7. The van der Waals surface area contributed by atoms with Crippen molar-refractivity contribution in [1.29, 1.82) is 0 Å². The van der Waals surface area contributed by atoms with Gasteiger partial charge in [-0.25, -0.2) is 4.98 Å². The summed E-state index contributed by atoms with van der Waals surface area (Å²) in [6.07, 6.45) is 2.54. The molecule has 1 heterocycles. The highest BCUT2D eigenvalue weighted by molar-refractivity contribution is 7.13. The Bertz CT molecular complexity index is 522. The molecule has 1 aliphatic carbocycles. The maximum Gasteiger partial charge on any atom is 0.307 e. The Morgan fingerprint density at radius 2 is 1.95 bits per heavy atom. The number of aromatic nitrogens is 1. The first-order chi connectivity index (χ1) is 8.99. The van der Waals surface area contributed by atoms with Gasteiger partial charge in [-0.2, -0.15) is 0 Å². The number of hydrogen-bond donors (Lipinski definition) is 2. The van der Waals surface area contributed by atoms with E-state index in [4.69, 9.17) is 0 Å². The van der Waals surface area contributed by atoms with E-state index in [1.807, 2.05) is 13.8 Å². The van der Waals surface area contributed by atoms with Crippen molar-refractivity contribution in [3.05, 3.63) is 22.7 Å². The highest BCUT2D eigenvalue weighted by Crippen LogP contribution is 2.35. The first-order valence-corrected chi connectivity index (χ1v) is 6.95. The molecule has 0 spiro atoms. The minimum Gasteiger partial charge on any atom is -0.481 e. The number of hydrogen-bond acceptors (Lipinski definition) is 4. The minimum absolute atomic E-state index is 0.255. The van der Waals surface area contributed by atoms with Gasteiger partial charge in [-0.15, -0.1) is 11.3 Å². The van der Waals surface area contributed by atoms with Gasteiger partial charge in [-0.1, -0.05) is 11.1 Å². The fourth-order valence-corrected chi connectivity index (χ4v) is 2.84. The minimum atomic E-state index is -0.911. The van der Waals surface area contributed by atoms with Gasteiger partial charge in [0.25, 0.3) is 0 Å². The van der Waals surface area contributed by atoms with Crippen molar-refractivity contribution in [3.63, 3.8) is 0 Å². The monoisotopic (exact) mass is 280 g/mol. The lowest BCUT2D eigenvalue weighted by atomic mass is 9.76. The van der Waals surface area contributed by atoms with Crippen LogP contribution in [0.5, 0.6) is 0 Å². The average molecular weight is 280 g/mol. The van der Waals surface area contributed by atoms with Gasteiger partial charge in [0.1, 0.15) is 0 Å². The van der Waals surface area contributed by atoms with Crippen molar-refractivity contribution in [1.82, 2.24) is 4.98 Å². The van der Waals surface area contributed by atoms with Gasteiger partial charge >= 0.3 is 5.97 Å². The predicted molar refractivity (Wildman–Crippen MR) is 73.0 cm³/mol. The summed E-state index contributed by atoms with van der Waals surface area (Å²) in [4.78, 5) is 27.5. The molecule has 0 aromatic carbocycles. The summed E-state index contributed by atoms with van der Waals surface area (Å²) in [5.41, 5.74) is 2.18. The van der Waals surface area contributed by atoms with Crippen LogP contribution in [0.3, 0.4) is 0 Å². The average Bonchev–Trinajstić information content (AvgIpc) is 2.84. The molecule has 0 unspecified atom stereocenters. The van der Waals surface area contributed by atoms with E-state index < -0.39 is 17.8 Å². The van der Waals surface area contributed by atoms with Crippen molar-refractivity contribution in [2.45, 2.75) is 26.7 Å². The zero-order valence-corrected chi connectivity index (χ0v) is 11.7. The standard InChI is InChI=1S/C13H16N2O3S/c1-7-5-9(10(12(17)18)6-8(7)2)11(16)15-13-14-3-4-19-13/h3-4,9-10H,5-6H2,1-2H3,(H,17,18)(H,14,15,16)/t9-,10-/m0/s1. The van der Waals surface area contributed by atoms with Gasteiger partial charge in [0.2, 0.25) is 5.91 Å². The number of carboxylic acid groups (broad SMARTS) is 1. The van der Waals surface area contributed by atoms with E-state index in [-0.39, 0.29) is 5.91 Å². The van der Waals surface area contributed by atoms with Crippen molar-refractivity contribution >= 4 is 28.3 Å². The van der Waals surface area contributed by atoms with Gasteiger partial charge in [0.05, 0.1) is 11.8 Å². The molecule has 0 bridgehead atoms. The lowest BCUT2D eigenvalue weighted by molar-refractivity contribution is -0.146. The highest BCUT2D eigenvalue weighted by Gasteiger charge is 2.37. The number of thiazole rings is 1. The third-order valence-corrected chi connectivity index (χ3v) is 4.27. The van der Waals surface area contributed by atoms with Gasteiger partial charge in [-0.05, 0) is 26.7 Å². The van der Waals surface area contributed by atoms with Crippen LogP contribution in [0.2, 0.25) is 0 Å². The zero-order chi connectivity index (χ0) is 14.0. The molecule has 0 aliphatic heterocycles. The van der Waals surface area contributed by atoms with Crippen LogP contribution in [0.25, 0.3) is 0 Å². The molecule has 19 heavy (non-hydrogen) atoms. The lowest BCUT2D eigenvalue weighted by Gasteiger charge is -2.29. The highest BCUT2D eigenvalue weighted by atomic mass is 32.1. The molecule has 0 fully saturated rings. The Kier molecular flexibility index (Phi) is 3.99. The van der Waals surface area contributed by atoms with Crippen molar-refractivity contribution < 1.29 is 14.7 Å². The van der Waals surface area contributed by atoms with E-state index in [0.717, 1.165) is 11.1 Å². The summed E-state index contributed by atoms with van der Waals surface area (Å²) in [6, 6.07) is 0. The second kappa shape index (κ2) is 5.52. The number of amides is 1. The summed E-state index contributed by atoms with van der Waals surface area (Å²) in [7, 11) is 0. The molecule has 1 aromatic heterocycles. The Morgan fingerprint density at radius 1 is 1.32 bits per heavy atom. The van der Waals surface area contributed by atoms with Crippen LogP contribution in [-0.2, 0) is 9.59 Å². The van der Waals surface area contributed by atoms with E-state index in [1.54, 1.807) is 11.6 Å². The second-order valence-electron chi connectivity index (χ2n) is 4.85. The number of nitrogens with zero attached hydrogens (tertiary/aromatic N) is 1. The number of carbonyl (C=O) groups is 2. The zero-order valence-electron chi connectivity index (χ0n) is 10.8. The maximum absolute atomic E-state index is 12.2. The van der Waals surface area contributed by atoms with E-state index >= 15 is 0 Å². The number of carboxylic acids is 1. The normalized spacial score (nSPS) is 23.3. The van der Waals surface area contributed by atoms with Crippen molar-refractivity contribution in [2.75, 3.05) is 5.32 Å². The van der Waals surface area contributed by atoms with Crippen LogP contribution >= 0.6 is 11.3 Å².